The molecule has 1 amide bonds. The van der Waals surface area contributed by atoms with Gasteiger partial charge >= 0.3 is 0 Å². The molecule has 92 valence electrons. The molecule has 6 nitrogen and oxygen atoms in total. The highest BCUT2D eigenvalue weighted by molar-refractivity contribution is 5.98. The third-order valence-corrected chi connectivity index (χ3v) is 2.71. The van der Waals surface area contributed by atoms with Crippen molar-refractivity contribution in [2.24, 2.45) is 5.73 Å². The quantitative estimate of drug-likeness (QED) is 0.781. The Morgan fingerprint density at radius 2 is 2.47 bits per heavy atom. The van der Waals surface area contributed by atoms with Crippen molar-refractivity contribution < 1.29 is 14.3 Å². The Labute approximate surface area is 99.1 Å². The molecule has 2 heterocycles. The van der Waals surface area contributed by atoms with Crippen LogP contribution in [0.3, 0.4) is 0 Å². The molecule has 17 heavy (non-hydrogen) atoms. The fraction of sp³-hybridized carbons (Fsp3) is 0.455. The number of carbonyl (C=O) groups excluding carboxylic acids is 1. The monoisotopic (exact) mass is 237 g/mol. The van der Waals surface area contributed by atoms with Gasteiger partial charge in [0.05, 0.1) is 25.6 Å². The van der Waals surface area contributed by atoms with Crippen molar-refractivity contribution in [2.45, 2.75) is 12.0 Å². The highest BCUT2D eigenvalue weighted by Crippen LogP contribution is 2.18. The van der Waals surface area contributed by atoms with Crippen LogP contribution in [-0.4, -0.2) is 36.8 Å². The number of pyridine rings is 1. The number of nitrogens with two attached hydrogens (primary N) is 1. The van der Waals surface area contributed by atoms with Gasteiger partial charge in [0, 0.05) is 12.7 Å². The van der Waals surface area contributed by atoms with E-state index in [1.807, 2.05) is 0 Å². The molecule has 0 spiro atoms. The average Bonchev–Trinajstić information content (AvgIpc) is 2.78. The van der Waals surface area contributed by atoms with E-state index in [9.17, 15) is 4.79 Å². The molecule has 0 bridgehead atoms. The number of nitrogens with zero attached hydrogens (tertiary/aromatic N) is 1. The maximum Gasteiger partial charge on any atom is 0.246 e. The minimum absolute atomic E-state index is 0.248. The largest absolute Gasteiger partial charge is 0.481 e. The molecule has 0 aliphatic carbocycles. The summed E-state index contributed by atoms with van der Waals surface area (Å²) in [5.41, 5.74) is 5.58. The first-order valence-electron chi connectivity index (χ1n) is 5.32. The lowest BCUT2D eigenvalue weighted by molar-refractivity contribution is -0.121. The van der Waals surface area contributed by atoms with Gasteiger partial charge in [-0.15, -0.1) is 0 Å². The third kappa shape index (κ3) is 2.54. The summed E-state index contributed by atoms with van der Waals surface area (Å²) < 4.78 is 10.1. The number of amides is 1. The topological polar surface area (TPSA) is 86.5 Å². The van der Waals surface area contributed by atoms with Crippen LogP contribution in [0.2, 0.25) is 0 Å². The number of hydrogen-bond acceptors (Lipinski definition) is 5. The summed E-state index contributed by atoms with van der Waals surface area (Å²) in [7, 11) is 1.53. The molecule has 1 aromatic rings. The Hall–Kier alpha value is -1.66. The first-order valence-corrected chi connectivity index (χ1v) is 5.32. The average molecular weight is 237 g/mol. The summed E-state index contributed by atoms with van der Waals surface area (Å²) in [6, 6.07) is 3.38. The maximum atomic E-state index is 11.9. The van der Waals surface area contributed by atoms with Crippen LogP contribution in [-0.2, 0) is 9.53 Å². The van der Waals surface area contributed by atoms with Gasteiger partial charge in [-0.1, -0.05) is 0 Å². The molecule has 3 N–H and O–H groups in total. The molecule has 0 aromatic carbocycles. The number of hydrogen-bond donors (Lipinski definition) is 2. The zero-order valence-electron chi connectivity index (χ0n) is 9.60. The molecule has 1 unspecified atom stereocenters. The lowest BCUT2D eigenvalue weighted by Gasteiger charge is -2.20. The predicted octanol–water partition coefficient (Wildman–Crippen LogP) is 0.146. The number of ether oxygens (including phenoxy) is 2. The summed E-state index contributed by atoms with van der Waals surface area (Å²) in [4.78, 5) is 15.9. The Bertz CT molecular complexity index is 399. The zero-order chi connectivity index (χ0) is 12.3. The first-order chi connectivity index (χ1) is 8.14. The highest BCUT2D eigenvalue weighted by atomic mass is 16.5. The van der Waals surface area contributed by atoms with Gasteiger partial charge in [-0.05, 0) is 12.5 Å². The van der Waals surface area contributed by atoms with E-state index >= 15 is 0 Å². The van der Waals surface area contributed by atoms with E-state index in [4.69, 9.17) is 15.2 Å². The van der Waals surface area contributed by atoms with E-state index in [0.717, 1.165) is 0 Å². The number of aromatic nitrogens is 1. The third-order valence-electron chi connectivity index (χ3n) is 2.71. The zero-order valence-corrected chi connectivity index (χ0v) is 9.60. The second-order valence-electron chi connectivity index (χ2n) is 4.00. The fourth-order valence-corrected chi connectivity index (χ4v) is 1.59. The lowest BCUT2D eigenvalue weighted by Crippen LogP contribution is -2.51. The van der Waals surface area contributed by atoms with Crippen LogP contribution >= 0.6 is 0 Å². The molecule has 0 radical (unpaired) electrons. The molecule has 1 atom stereocenters. The van der Waals surface area contributed by atoms with Crippen LogP contribution in [0.1, 0.15) is 6.42 Å². The number of methoxy groups -OCH3 is 1. The van der Waals surface area contributed by atoms with Crippen LogP contribution in [0, 0.1) is 0 Å². The van der Waals surface area contributed by atoms with Gasteiger partial charge in [0.2, 0.25) is 11.8 Å². The Morgan fingerprint density at radius 3 is 3.00 bits per heavy atom. The smallest absolute Gasteiger partial charge is 0.246 e. The number of rotatable bonds is 3. The van der Waals surface area contributed by atoms with Crippen LogP contribution in [0.5, 0.6) is 5.88 Å². The van der Waals surface area contributed by atoms with E-state index in [1.165, 1.54) is 13.3 Å². The van der Waals surface area contributed by atoms with Gasteiger partial charge < -0.3 is 20.5 Å². The van der Waals surface area contributed by atoms with Crippen molar-refractivity contribution in [3.05, 3.63) is 18.3 Å². The van der Waals surface area contributed by atoms with Crippen molar-refractivity contribution in [1.82, 2.24) is 4.98 Å². The van der Waals surface area contributed by atoms with Crippen molar-refractivity contribution in [2.75, 3.05) is 25.6 Å². The predicted molar refractivity (Wildman–Crippen MR) is 61.8 cm³/mol. The number of carbonyl (C=O) groups is 1. The SMILES string of the molecule is COc1ccc(NC(=O)C2(N)CCOC2)cn1. The van der Waals surface area contributed by atoms with E-state index in [1.54, 1.807) is 12.1 Å². The summed E-state index contributed by atoms with van der Waals surface area (Å²) in [5, 5.41) is 2.71. The summed E-state index contributed by atoms with van der Waals surface area (Å²) in [5.74, 6) is 0.247. The summed E-state index contributed by atoms with van der Waals surface area (Å²) >= 11 is 0. The lowest BCUT2D eigenvalue weighted by atomic mass is 9.99. The molecule has 1 aliphatic heterocycles. The molecular formula is C11H15N3O3. The molecule has 6 heteroatoms. The molecule has 2 rings (SSSR count). The van der Waals surface area contributed by atoms with Gasteiger partial charge in [-0.25, -0.2) is 4.98 Å². The minimum atomic E-state index is -0.931. The van der Waals surface area contributed by atoms with Crippen LogP contribution < -0.4 is 15.8 Å². The molecule has 1 aliphatic rings. The van der Waals surface area contributed by atoms with Gasteiger partial charge in [0.1, 0.15) is 5.54 Å². The Balaban J connectivity index is 2.02. The van der Waals surface area contributed by atoms with Crippen molar-refractivity contribution in [3.63, 3.8) is 0 Å². The van der Waals surface area contributed by atoms with Gasteiger partial charge in [-0.3, -0.25) is 4.79 Å². The number of anilines is 1. The normalized spacial score (nSPS) is 23.4. The molecule has 0 saturated carbocycles. The molecule has 1 saturated heterocycles. The van der Waals surface area contributed by atoms with Crippen LogP contribution in [0.15, 0.2) is 18.3 Å². The molecular weight excluding hydrogens is 222 g/mol. The molecule has 1 aromatic heterocycles. The van der Waals surface area contributed by atoms with E-state index in [-0.39, 0.29) is 12.5 Å². The van der Waals surface area contributed by atoms with Crippen molar-refractivity contribution >= 4 is 11.6 Å². The van der Waals surface area contributed by atoms with Gasteiger partial charge in [-0.2, -0.15) is 0 Å². The van der Waals surface area contributed by atoms with Crippen LogP contribution in [0.4, 0.5) is 5.69 Å². The maximum absolute atomic E-state index is 11.9. The summed E-state index contributed by atoms with van der Waals surface area (Å²) in [6.07, 6.45) is 2.05. The van der Waals surface area contributed by atoms with Gasteiger partial charge in [0.25, 0.3) is 0 Å². The van der Waals surface area contributed by atoms with E-state index < -0.39 is 5.54 Å². The Kier molecular flexibility index (Phi) is 3.26. The van der Waals surface area contributed by atoms with Crippen LogP contribution in [0.25, 0.3) is 0 Å². The van der Waals surface area contributed by atoms with E-state index in [0.29, 0.717) is 24.6 Å². The van der Waals surface area contributed by atoms with Crippen molar-refractivity contribution in [3.8, 4) is 5.88 Å². The highest BCUT2D eigenvalue weighted by Gasteiger charge is 2.38. The second-order valence-corrected chi connectivity index (χ2v) is 4.00. The summed E-state index contributed by atoms with van der Waals surface area (Å²) in [6.45, 7) is 0.771. The van der Waals surface area contributed by atoms with Crippen molar-refractivity contribution in [1.29, 1.82) is 0 Å². The first kappa shape index (κ1) is 11.8. The van der Waals surface area contributed by atoms with E-state index in [2.05, 4.69) is 10.3 Å². The fourth-order valence-electron chi connectivity index (χ4n) is 1.59. The molecule has 1 fully saturated rings. The standard InChI is InChI=1S/C11H15N3O3/c1-16-9-3-2-8(6-13-9)14-10(15)11(12)4-5-17-7-11/h2-3,6H,4-5,7,12H2,1H3,(H,14,15). The minimum Gasteiger partial charge on any atom is -0.481 e. The second kappa shape index (κ2) is 4.68. The Morgan fingerprint density at radius 1 is 1.65 bits per heavy atom. The van der Waals surface area contributed by atoms with Gasteiger partial charge in [0.15, 0.2) is 0 Å². The number of nitrogens with one attached hydrogen (secondary N) is 1.